The molecule has 0 aliphatic rings. The number of H-pyrrole nitrogens is 1. The number of hydrogen-bond donors (Lipinski definition) is 3. The number of carbonyl (C=O) groups is 2. The number of likely N-dealkylation sites (N-methyl/N-ethyl adjacent to an activating group) is 1. The van der Waals surface area contributed by atoms with Crippen LogP contribution < -0.4 is 11.1 Å². The number of alkyl halides is 3. The average molecular weight is 420 g/mol. The number of pyridine rings is 1. The average Bonchev–Trinajstić information content (AvgIpc) is 3.21. The zero-order chi connectivity index (χ0) is 22.1. The van der Waals surface area contributed by atoms with Crippen LogP contribution in [0.2, 0.25) is 0 Å². The van der Waals surface area contributed by atoms with E-state index >= 15 is 0 Å². The highest BCUT2D eigenvalue weighted by molar-refractivity contribution is 6.40. The smallest absolute Gasteiger partial charge is 0.383 e. The first-order chi connectivity index (χ1) is 14.1. The maximum atomic E-state index is 12.8. The van der Waals surface area contributed by atoms with Crippen LogP contribution in [-0.2, 0) is 15.8 Å². The van der Waals surface area contributed by atoms with Gasteiger partial charge in [-0.1, -0.05) is 12.1 Å². The van der Waals surface area contributed by atoms with Gasteiger partial charge in [0.25, 0.3) is 0 Å². The quantitative estimate of drug-likeness (QED) is 0.561. The van der Waals surface area contributed by atoms with E-state index in [0.29, 0.717) is 16.5 Å². The van der Waals surface area contributed by atoms with E-state index in [-0.39, 0.29) is 18.1 Å². The number of nitrogen functional groups attached to an aromatic ring is 1. The molecule has 0 aliphatic carbocycles. The van der Waals surface area contributed by atoms with Gasteiger partial charge in [0.2, 0.25) is 0 Å². The molecular weight excluding hydrogens is 401 g/mol. The van der Waals surface area contributed by atoms with Gasteiger partial charge in [0.1, 0.15) is 5.82 Å². The summed E-state index contributed by atoms with van der Waals surface area (Å²) in [5, 5.41) is 9.50. The Morgan fingerprint density at radius 3 is 2.50 bits per heavy atom. The van der Waals surface area contributed by atoms with Crippen LogP contribution in [0, 0.1) is 0 Å². The molecule has 0 spiro atoms. The highest BCUT2D eigenvalue weighted by atomic mass is 19.4. The first-order valence-electron chi connectivity index (χ1n) is 9.00. The number of anilines is 2. The van der Waals surface area contributed by atoms with Crippen molar-refractivity contribution in [1.82, 2.24) is 20.1 Å². The standard InChI is InChI=1S/C19H19F3N6O2/c1-3-28(10(2)11-4-6-12(7-5-11)19(20,21)22)18(30)17(29)26-14-9-24-16(23)13-8-25-27-15(13)14/h4-10H,3H2,1-2H3,(H2,23,24)(H,25,27)(H,26,29). The molecule has 0 radical (unpaired) electrons. The second-order valence-corrected chi connectivity index (χ2v) is 6.56. The minimum Gasteiger partial charge on any atom is -0.383 e. The van der Waals surface area contributed by atoms with E-state index in [1.54, 1.807) is 13.8 Å². The molecule has 0 saturated heterocycles. The molecule has 2 amide bonds. The lowest BCUT2D eigenvalue weighted by Gasteiger charge is -2.28. The maximum Gasteiger partial charge on any atom is 0.416 e. The molecule has 2 aromatic heterocycles. The Morgan fingerprint density at radius 1 is 1.23 bits per heavy atom. The number of rotatable bonds is 4. The summed E-state index contributed by atoms with van der Waals surface area (Å²) in [4.78, 5) is 30.5. The van der Waals surface area contributed by atoms with Gasteiger partial charge in [-0.25, -0.2) is 4.98 Å². The number of benzene rings is 1. The second kappa shape index (κ2) is 8.01. The van der Waals surface area contributed by atoms with E-state index in [9.17, 15) is 22.8 Å². The number of aromatic amines is 1. The Kier molecular flexibility index (Phi) is 5.63. The summed E-state index contributed by atoms with van der Waals surface area (Å²) < 4.78 is 38.3. The minimum atomic E-state index is -4.45. The van der Waals surface area contributed by atoms with Crippen molar-refractivity contribution >= 4 is 34.2 Å². The predicted molar refractivity (Wildman–Crippen MR) is 104 cm³/mol. The molecule has 3 aromatic rings. The van der Waals surface area contributed by atoms with Crippen molar-refractivity contribution in [1.29, 1.82) is 0 Å². The van der Waals surface area contributed by atoms with Gasteiger partial charge < -0.3 is 16.0 Å². The van der Waals surface area contributed by atoms with Gasteiger partial charge in [0.05, 0.1) is 40.6 Å². The monoisotopic (exact) mass is 420 g/mol. The topological polar surface area (TPSA) is 117 Å². The Balaban J connectivity index is 1.78. The summed E-state index contributed by atoms with van der Waals surface area (Å²) in [5.41, 5.74) is 6.07. The normalized spacial score (nSPS) is 12.6. The maximum absolute atomic E-state index is 12.8. The van der Waals surface area contributed by atoms with Crippen LogP contribution >= 0.6 is 0 Å². The van der Waals surface area contributed by atoms with E-state index in [1.165, 1.54) is 29.4 Å². The summed E-state index contributed by atoms with van der Waals surface area (Å²) >= 11 is 0. The number of amides is 2. The fourth-order valence-electron chi connectivity index (χ4n) is 3.08. The lowest BCUT2D eigenvalue weighted by molar-refractivity contribution is -0.144. The third-order valence-electron chi connectivity index (χ3n) is 4.75. The zero-order valence-electron chi connectivity index (χ0n) is 16.1. The summed E-state index contributed by atoms with van der Waals surface area (Å²) in [6, 6.07) is 3.85. The highest BCUT2D eigenvalue weighted by Crippen LogP contribution is 2.31. The summed E-state index contributed by atoms with van der Waals surface area (Å²) in [6.45, 7) is 3.48. The van der Waals surface area contributed by atoms with Gasteiger partial charge in [-0.15, -0.1) is 0 Å². The molecule has 4 N–H and O–H groups in total. The van der Waals surface area contributed by atoms with E-state index < -0.39 is 29.6 Å². The summed E-state index contributed by atoms with van der Waals surface area (Å²) in [7, 11) is 0. The number of fused-ring (bicyclic) bond motifs is 1. The van der Waals surface area contributed by atoms with Gasteiger partial charge in [0, 0.05) is 6.54 Å². The van der Waals surface area contributed by atoms with Crippen LogP contribution in [0.5, 0.6) is 0 Å². The number of nitrogens with two attached hydrogens (primary N) is 1. The largest absolute Gasteiger partial charge is 0.416 e. The number of nitrogens with one attached hydrogen (secondary N) is 2. The highest BCUT2D eigenvalue weighted by Gasteiger charge is 2.31. The van der Waals surface area contributed by atoms with Crippen LogP contribution in [-0.4, -0.2) is 38.4 Å². The number of carbonyl (C=O) groups excluding carboxylic acids is 2. The molecule has 0 fully saturated rings. The fraction of sp³-hybridized carbons (Fsp3) is 0.263. The number of halogens is 3. The summed E-state index contributed by atoms with van der Waals surface area (Å²) in [5.74, 6) is -1.54. The molecule has 0 aliphatic heterocycles. The minimum absolute atomic E-state index is 0.175. The SMILES string of the molecule is CCN(C(=O)C(=O)Nc1cnc(N)c2cn[nH]c12)C(C)c1ccc(C(F)(F)F)cc1. The van der Waals surface area contributed by atoms with Crippen LogP contribution in [0.1, 0.15) is 31.0 Å². The van der Waals surface area contributed by atoms with Crippen molar-refractivity contribution in [3.8, 4) is 0 Å². The molecule has 0 bridgehead atoms. The lowest BCUT2D eigenvalue weighted by atomic mass is 10.0. The number of hydrogen-bond acceptors (Lipinski definition) is 5. The fourth-order valence-corrected chi connectivity index (χ4v) is 3.08. The second-order valence-electron chi connectivity index (χ2n) is 6.56. The molecule has 8 nitrogen and oxygen atoms in total. The molecule has 158 valence electrons. The van der Waals surface area contributed by atoms with Crippen molar-refractivity contribution in [2.75, 3.05) is 17.6 Å². The van der Waals surface area contributed by atoms with E-state index in [0.717, 1.165) is 12.1 Å². The number of nitrogens with zero attached hydrogens (tertiary/aromatic N) is 3. The van der Waals surface area contributed by atoms with E-state index in [4.69, 9.17) is 5.73 Å². The van der Waals surface area contributed by atoms with Crippen molar-refractivity contribution < 1.29 is 22.8 Å². The predicted octanol–water partition coefficient (Wildman–Crippen LogP) is 3.11. The Morgan fingerprint density at radius 2 is 1.90 bits per heavy atom. The van der Waals surface area contributed by atoms with E-state index in [2.05, 4.69) is 20.5 Å². The molecule has 1 aromatic carbocycles. The first-order valence-corrected chi connectivity index (χ1v) is 9.00. The molecular formula is C19H19F3N6O2. The summed E-state index contributed by atoms with van der Waals surface area (Å²) in [6.07, 6.45) is -1.70. The molecule has 3 rings (SSSR count). The van der Waals surface area contributed by atoms with Gasteiger partial charge in [0.15, 0.2) is 0 Å². The molecule has 1 atom stereocenters. The molecule has 1 unspecified atom stereocenters. The lowest BCUT2D eigenvalue weighted by Crippen LogP contribution is -2.41. The van der Waals surface area contributed by atoms with Crippen LogP contribution in [0.4, 0.5) is 24.7 Å². The van der Waals surface area contributed by atoms with Crippen LogP contribution in [0.25, 0.3) is 10.9 Å². The van der Waals surface area contributed by atoms with Crippen molar-refractivity contribution in [3.63, 3.8) is 0 Å². The Bertz CT molecular complexity index is 1080. The van der Waals surface area contributed by atoms with Crippen molar-refractivity contribution in [2.45, 2.75) is 26.1 Å². The Labute approximate surface area is 169 Å². The first kappa shape index (κ1) is 21.1. The van der Waals surface area contributed by atoms with Gasteiger partial charge in [-0.3, -0.25) is 14.7 Å². The van der Waals surface area contributed by atoms with E-state index in [1.807, 2.05) is 0 Å². The molecule has 0 saturated carbocycles. The molecule has 11 heteroatoms. The van der Waals surface area contributed by atoms with Crippen LogP contribution in [0.15, 0.2) is 36.7 Å². The molecule has 30 heavy (non-hydrogen) atoms. The van der Waals surface area contributed by atoms with Gasteiger partial charge >= 0.3 is 18.0 Å². The van der Waals surface area contributed by atoms with Gasteiger partial charge in [-0.05, 0) is 31.5 Å². The van der Waals surface area contributed by atoms with Crippen molar-refractivity contribution in [3.05, 3.63) is 47.8 Å². The zero-order valence-corrected chi connectivity index (χ0v) is 16.1. The molecule has 2 heterocycles. The van der Waals surface area contributed by atoms with Crippen LogP contribution in [0.3, 0.4) is 0 Å². The van der Waals surface area contributed by atoms with Crippen molar-refractivity contribution in [2.24, 2.45) is 0 Å². The van der Waals surface area contributed by atoms with Gasteiger partial charge in [-0.2, -0.15) is 18.3 Å². The third kappa shape index (κ3) is 4.04. The Hall–Kier alpha value is -3.63. The third-order valence-corrected chi connectivity index (χ3v) is 4.75. The number of aromatic nitrogens is 3.